The number of pyridine rings is 2. The van der Waals surface area contributed by atoms with Gasteiger partial charge in [-0.2, -0.15) is 0 Å². The van der Waals surface area contributed by atoms with Gasteiger partial charge in [0.2, 0.25) is 0 Å². The summed E-state index contributed by atoms with van der Waals surface area (Å²) in [5.74, 6) is 2.12. The van der Waals surface area contributed by atoms with Crippen molar-refractivity contribution in [3.63, 3.8) is 0 Å². The molecule has 0 unspecified atom stereocenters. The van der Waals surface area contributed by atoms with Gasteiger partial charge in [0.15, 0.2) is 5.82 Å². The lowest BCUT2D eigenvalue weighted by Crippen LogP contribution is -1.99. The van der Waals surface area contributed by atoms with Gasteiger partial charge in [0, 0.05) is 47.7 Å². The summed E-state index contributed by atoms with van der Waals surface area (Å²) in [6.45, 7) is 0. The van der Waals surface area contributed by atoms with Crippen LogP contribution < -0.4 is 10.1 Å². The Balaban J connectivity index is 1.75. The number of aromatic nitrogens is 4. The van der Waals surface area contributed by atoms with Crippen LogP contribution in [0.3, 0.4) is 0 Å². The molecule has 0 aliphatic heterocycles. The summed E-state index contributed by atoms with van der Waals surface area (Å²) < 4.78 is 5.21. The minimum absolute atomic E-state index is 0.620. The summed E-state index contributed by atoms with van der Waals surface area (Å²) in [4.78, 5) is 17.6. The normalized spacial score (nSPS) is 10.4. The second kappa shape index (κ2) is 7.61. The lowest BCUT2D eigenvalue weighted by Gasteiger charge is -2.11. The van der Waals surface area contributed by atoms with Crippen molar-refractivity contribution in [1.29, 1.82) is 0 Å². The minimum Gasteiger partial charge on any atom is -0.497 e. The first kappa shape index (κ1) is 16.7. The van der Waals surface area contributed by atoms with Crippen molar-refractivity contribution in [2.75, 3.05) is 12.4 Å². The predicted molar refractivity (Wildman–Crippen MR) is 105 cm³/mol. The molecule has 0 aliphatic carbocycles. The molecule has 1 aromatic carbocycles. The van der Waals surface area contributed by atoms with Crippen LogP contribution in [0.1, 0.15) is 0 Å². The van der Waals surface area contributed by atoms with Gasteiger partial charge >= 0.3 is 0 Å². The van der Waals surface area contributed by atoms with Crippen molar-refractivity contribution in [3.8, 4) is 28.4 Å². The number of hydrogen-bond donors (Lipinski definition) is 1. The molecule has 0 aliphatic rings. The Labute approximate surface area is 157 Å². The number of nitrogens with zero attached hydrogens (tertiary/aromatic N) is 4. The van der Waals surface area contributed by atoms with Gasteiger partial charge in [-0.3, -0.25) is 9.97 Å². The van der Waals surface area contributed by atoms with E-state index in [2.05, 4.69) is 20.3 Å². The Hall–Kier alpha value is -3.80. The fraction of sp³-hybridized carbons (Fsp3) is 0.0476. The lowest BCUT2D eigenvalue weighted by atomic mass is 10.2. The number of nitrogens with one attached hydrogen (secondary N) is 1. The molecule has 0 bridgehead atoms. The van der Waals surface area contributed by atoms with Crippen molar-refractivity contribution in [3.05, 3.63) is 79.4 Å². The number of rotatable bonds is 5. The second-order valence-corrected chi connectivity index (χ2v) is 5.79. The van der Waals surface area contributed by atoms with Gasteiger partial charge < -0.3 is 10.1 Å². The van der Waals surface area contributed by atoms with Crippen molar-refractivity contribution in [2.24, 2.45) is 0 Å². The maximum atomic E-state index is 5.21. The topological polar surface area (TPSA) is 72.8 Å². The summed E-state index contributed by atoms with van der Waals surface area (Å²) in [5, 5.41) is 3.33. The van der Waals surface area contributed by atoms with Crippen LogP contribution in [0.25, 0.3) is 22.6 Å². The Morgan fingerprint density at radius 2 is 1.63 bits per heavy atom. The van der Waals surface area contributed by atoms with Crippen molar-refractivity contribution >= 4 is 11.5 Å². The van der Waals surface area contributed by atoms with E-state index in [9.17, 15) is 0 Å². The van der Waals surface area contributed by atoms with Gasteiger partial charge in [-0.15, -0.1) is 0 Å². The lowest BCUT2D eigenvalue weighted by molar-refractivity contribution is 0.415. The minimum atomic E-state index is 0.620. The second-order valence-electron chi connectivity index (χ2n) is 5.79. The molecule has 0 saturated carbocycles. The molecule has 0 saturated heterocycles. The maximum Gasteiger partial charge on any atom is 0.162 e. The molecule has 132 valence electrons. The Morgan fingerprint density at radius 3 is 2.33 bits per heavy atom. The summed E-state index contributed by atoms with van der Waals surface area (Å²) in [6, 6.07) is 17.2. The van der Waals surface area contributed by atoms with Gasteiger partial charge in [0.05, 0.1) is 12.8 Å². The fourth-order valence-corrected chi connectivity index (χ4v) is 2.63. The molecule has 4 rings (SSSR count). The highest BCUT2D eigenvalue weighted by molar-refractivity contribution is 5.69. The van der Waals surface area contributed by atoms with E-state index in [1.165, 1.54) is 0 Å². The maximum absolute atomic E-state index is 5.21. The summed E-state index contributed by atoms with van der Waals surface area (Å²) in [6.07, 6.45) is 6.98. The van der Waals surface area contributed by atoms with Gasteiger partial charge in [0.1, 0.15) is 11.6 Å². The van der Waals surface area contributed by atoms with Crippen LogP contribution in [0, 0.1) is 0 Å². The van der Waals surface area contributed by atoms with Gasteiger partial charge in [0.25, 0.3) is 0 Å². The van der Waals surface area contributed by atoms with Crippen LogP contribution in [0.15, 0.2) is 79.4 Å². The summed E-state index contributed by atoms with van der Waals surface area (Å²) in [7, 11) is 1.65. The van der Waals surface area contributed by atoms with Crippen LogP contribution in [0.5, 0.6) is 5.75 Å². The van der Waals surface area contributed by atoms with Crippen LogP contribution in [0.2, 0.25) is 0 Å². The Kier molecular flexibility index (Phi) is 4.70. The number of ether oxygens (including phenoxy) is 1. The SMILES string of the molecule is COc1ccc(Nc2cc(-c3cccnc3)nc(-c3ccncc3)n2)cc1. The van der Waals surface area contributed by atoms with E-state index in [1.54, 1.807) is 31.9 Å². The Morgan fingerprint density at radius 1 is 0.815 bits per heavy atom. The van der Waals surface area contributed by atoms with Crippen molar-refractivity contribution < 1.29 is 4.74 Å². The van der Waals surface area contributed by atoms with Crippen LogP contribution >= 0.6 is 0 Å². The molecule has 0 amide bonds. The monoisotopic (exact) mass is 355 g/mol. The first-order valence-electron chi connectivity index (χ1n) is 8.43. The molecule has 6 heteroatoms. The first-order chi connectivity index (χ1) is 13.3. The number of methoxy groups -OCH3 is 1. The predicted octanol–water partition coefficient (Wildman–Crippen LogP) is 4.35. The zero-order valence-electron chi connectivity index (χ0n) is 14.7. The third kappa shape index (κ3) is 3.90. The standard InChI is InChI=1S/C21H17N5O/c1-27-18-6-4-17(5-7-18)24-20-13-19(16-3-2-10-23-14-16)25-21(26-20)15-8-11-22-12-9-15/h2-14H,1H3,(H,24,25,26). The average molecular weight is 355 g/mol. The van der Waals surface area contributed by atoms with E-state index in [4.69, 9.17) is 9.72 Å². The highest BCUT2D eigenvalue weighted by Gasteiger charge is 2.09. The summed E-state index contributed by atoms with van der Waals surface area (Å²) >= 11 is 0. The highest BCUT2D eigenvalue weighted by atomic mass is 16.5. The van der Waals surface area contributed by atoms with Crippen LogP contribution in [0.4, 0.5) is 11.5 Å². The number of anilines is 2. The fourth-order valence-electron chi connectivity index (χ4n) is 2.63. The number of hydrogen-bond acceptors (Lipinski definition) is 6. The molecular weight excluding hydrogens is 338 g/mol. The molecule has 3 aromatic heterocycles. The molecule has 6 nitrogen and oxygen atoms in total. The van der Waals surface area contributed by atoms with E-state index in [-0.39, 0.29) is 0 Å². The van der Waals surface area contributed by atoms with E-state index < -0.39 is 0 Å². The largest absolute Gasteiger partial charge is 0.497 e. The van der Waals surface area contributed by atoms with E-state index in [0.29, 0.717) is 11.6 Å². The van der Waals surface area contributed by atoms with Crippen molar-refractivity contribution in [1.82, 2.24) is 19.9 Å². The molecular formula is C21H17N5O. The molecule has 0 spiro atoms. The molecule has 0 fully saturated rings. The third-order valence-electron chi connectivity index (χ3n) is 3.98. The first-order valence-corrected chi connectivity index (χ1v) is 8.43. The zero-order chi connectivity index (χ0) is 18.5. The van der Waals surface area contributed by atoms with Crippen molar-refractivity contribution in [2.45, 2.75) is 0 Å². The van der Waals surface area contributed by atoms with Crippen LogP contribution in [-0.4, -0.2) is 27.0 Å². The highest BCUT2D eigenvalue weighted by Crippen LogP contribution is 2.26. The smallest absolute Gasteiger partial charge is 0.162 e. The molecule has 3 heterocycles. The summed E-state index contributed by atoms with van der Waals surface area (Å²) in [5.41, 5.74) is 3.52. The van der Waals surface area contributed by atoms with Gasteiger partial charge in [-0.05, 0) is 48.5 Å². The Bertz CT molecular complexity index is 964. The zero-order valence-corrected chi connectivity index (χ0v) is 14.7. The third-order valence-corrected chi connectivity index (χ3v) is 3.98. The molecule has 0 radical (unpaired) electrons. The van der Waals surface area contributed by atoms with Crippen LogP contribution in [-0.2, 0) is 0 Å². The number of benzene rings is 1. The molecule has 27 heavy (non-hydrogen) atoms. The molecule has 0 atom stereocenters. The van der Waals surface area contributed by atoms with E-state index >= 15 is 0 Å². The quantitative estimate of drug-likeness (QED) is 0.574. The molecule has 1 N–H and O–H groups in total. The van der Waals surface area contributed by atoms with Gasteiger partial charge in [-0.1, -0.05) is 0 Å². The van der Waals surface area contributed by atoms with Gasteiger partial charge in [-0.25, -0.2) is 9.97 Å². The average Bonchev–Trinajstić information content (AvgIpc) is 2.75. The van der Waals surface area contributed by atoms with E-state index in [1.807, 2.05) is 54.6 Å². The molecule has 4 aromatic rings. The van der Waals surface area contributed by atoms with E-state index in [0.717, 1.165) is 28.3 Å².